The summed E-state index contributed by atoms with van der Waals surface area (Å²) >= 11 is 0. The second-order valence-electron chi connectivity index (χ2n) is 6.95. The van der Waals surface area contributed by atoms with Gasteiger partial charge in [-0.3, -0.25) is 14.9 Å². The Morgan fingerprint density at radius 3 is 2.61 bits per heavy atom. The molecule has 0 bridgehead atoms. The summed E-state index contributed by atoms with van der Waals surface area (Å²) in [6.07, 6.45) is 2.60. The van der Waals surface area contributed by atoms with E-state index < -0.39 is 10.9 Å². The Balaban J connectivity index is 1.61. The summed E-state index contributed by atoms with van der Waals surface area (Å²) < 4.78 is 4.73. The Labute approximate surface area is 161 Å². The number of ether oxygens (including phenoxy) is 1. The van der Waals surface area contributed by atoms with Crippen molar-refractivity contribution < 1.29 is 19.2 Å². The first kappa shape index (κ1) is 18.0. The van der Waals surface area contributed by atoms with Crippen LogP contribution < -0.4 is 10.2 Å². The number of benzene rings is 2. The van der Waals surface area contributed by atoms with Gasteiger partial charge in [0.2, 0.25) is 0 Å². The summed E-state index contributed by atoms with van der Waals surface area (Å²) in [7, 11) is 1.32. The van der Waals surface area contributed by atoms with Gasteiger partial charge >= 0.3 is 5.97 Å². The maximum atomic E-state index is 13.0. The number of nitro groups is 1. The summed E-state index contributed by atoms with van der Waals surface area (Å²) in [5, 5.41) is 14.6. The summed E-state index contributed by atoms with van der Waals surface area (Å²) in [5.41, 5.74) is 2.62. The van der Waals surface area contributed by atoms with Crippen molar-refractivity contribution in [1.82, 2.24) is 0 Å². The van der Waals surface area contributed by atoms with Crippen molar-refractivity contribution in [3.05, 3.63) is 63.2 Å². The Bertz CT molecular complexity index is 984. The maximum Gasteiger partial charge on any atom is 0.337 e. The summed E-state index contributed by atoms with van der Waals surface area (Å²) in [5.74, 6) is -0.729. The molecule has 0 unspecified atom stereocenters. The van der Waals surface area contributed by atoms with Gasteiger partial charge in [0.1, 0.15) is 5.69 Å². The zero-order chi connectivity index (χ0) is 19.8. The third-order valence-electron chi connectivity index (χ3n) is 5.02. The molecule has 28 heavy (non-hydrogen) atoms. The number of anilines is 2. The molecule has 1 heterocycles. The van der Waals surface area contributed by atoms with Crippen LogP contribution in [0, 0.1) is 10.1 Å². The molecule has 0 radical (unpaired) electrons. The van der Waals surface area contributed by atoms with Gasteiger partial charge in [-0.25, -0.2) is 4.79 Å². The monoisotopic (exact) mass is 381 g/mol. The van der Waals surface area contributed by atoms with E-state index in [1.54, 1.807) is 35.2 Å². The Kier molecular flexibility index (Phi) is 4.46. The molecule has 8 heteroatoms. The molecule has 1 fully saturated rings. The van der Waals surface area contributed by atoms with Gasteiger partial charge in [0, 0.05) is 29.9 Å². The average Bonchev–Trinajstić information content (AvgIpc) is 3.42. The molecule has 4 rings (SSSR count). The number of hydrogen-bond donors (Lipinski definition) is 1. The predicted octanol–water partition coefficient (Wildman–Crippen LogP) is 3.16. The molecule has 2 aliphatic rings. The van der Waals surface area contributed by atoms with Crippen molar-refractivity contribution in [2.24, 2.45) is 0 Å². The molecule has 2 aromatic rings. The minimum absolute atomic E-state index is 0.0989. The van der Waals surface area contributed by atoms with Gasteiger partial charge in [0.15, 0.2) is 0 Å². The van der Waals surface area contributed by atoms with Gasteiger partial charge in [-0.05, 0) is 55.2 Å². The van der Waals surface area contributed by atoms with E-state index in [0.29, 0.717) is 29.9 Å². The topological polar surface area (TPSA) is 102 Å². The Morgan fingerprint density at radius 2 is 1.93 bits per heavy atom. The number of carbonyl (C=O) groups excluding carboxylic acids is 2. The van der Waals surface area contributed by atoms with Crippen LogP contribution in [0.15, 0.2) is 36.4 Å². The molecule has 1 saturated carbocycles. The predicted molar refractivity (Wildman–Crippen MR) is 103 cm³/mol. The number of fused-ring (bicyclic) bond motifs is 1. The van der Waals surface area contributed by atoms with Crippen LogP contribution in [0.2, 0.25) is 0 Å². The molecule has 1 aliphatic carbocycles. The molecule has 1 amide bonds. The van der Waals surface area contributed by atoms with Crippen LogP contribution >= 0.6 is 0 Å². The highest BCUT2D eigenvalue weighted by Gasteiger charge is 2.29. The van der Waals surface area contributed by atoms with Gasteiger partial charge in [0.05, 0.1) is 17.6 Å². The van der Waals surface area contributed by atoms with Crippen LogP contribution in [-0.4, -0.2) is 36.5 Å². The quantitative estimate of drug-likeness (QED) is 0.485. The van der Waals surface area contributed by atoms with E-state index >= 15 is 0 Å². The third-order valence-corrected chi connectivity index (χ3v) is 5.02. The van der Waals surface area contributed by atoms with E-state index in [9.17, 15) is 19.7 Å². The molecule has 0 atom stereocenters. The average molecular weight is 381 g/mol. The molecular weight excluding hydrogens is 362 g/mol. The molecular formula is C20H19N3O5. The molecule has 1 aliphatic heterocycles. The molecule has 1 N–H and O–H groups in total. The maximum absolute atomic E-state index is 13.0. The first-order valence-electron chi connectivity index (χ1n) is 9.06. The first-order valence-corrected chi connectivity index (χ1v) is 9.06. The zero-order valence-corrected chi connectivity index (χ0v) is 15.3. The number of nitro benzene ring substituents is 1. The first-order chi connectivity index (χ1) is 13.5. The number of carbonyl (C=O) groups is 2. The number of methoxy groups -OCH3 is 1. The van der Waals surface area contributed by atoms with E-state index in [4.69, 9.17) is 4.74 Å². The minimum atomic E-state index is -0.470. The molecule has 0 saturated heterocycles. The van der Waals surface area contributed by atoms with Crippen LogP contribution in [0.5, 0.6) is 0 Å². The number of nitrogens with zero attached hydrogens (tertiary/aromatic N) is 2. The molecule has 0 spiro atoms. The van der Waals surface area contributed by atoms with Crippen molar-refractivity contribution in [2.75, 3.05) is 23.9 Å². The summed E-state index contributed by atoms with van der Waals surface area (Å²) in [6.45, 7) is 0.453. The van der Waals surface area contributed by atoms with Crippen LogP contribution in [0.3, 0.4) is 0 Å². The van der Waals surface area contributed by atoms with Crippen LogP contribution in [0.25, 0.3) is 0 Å². The van der Waals surface area contributed by atoms with Gasteiger partial charge in [0.25, 0.3) is 11.6 Å². The standard InChI is InChI=1S/C20H19N3O5/c1-28-20(25)14-3-7-17-12(10-14)8-9-22(17)19(24)13-2-6-16(21-15-4-5-15)18(11-13)23(26)27/h2-3,6-7,10-11,15,21H,4-5,8-9H2,1H3. The lowest BCUT2D eigenvalue weighted by Crippen LogP contribution is -2.29. The lowest BCUT2D eigenvalue weighted by atomic mass is 10.1. The third kappa shape index (κ3) is 3.28. The summed E-state index contributed by atoms with van der Waals surface area (Å²) in [6, 6.07) is 9.86. The van der Waals surface area contributed by atoms with Crippen molar-refractivity contribution >= 4 is 28.9 Å². The lowest BCUT2D eigenvalue weighted by Gasteiger charge is -2.18. The van der Waals surface area contributed by atoms with E-state index in [-0.39, 0.29) is 23.2 Å². The fourth-order valence-electron chi connectivity index (χ4n) is 3.40. The summed E-state index contributed by atoms with van der Waals surface area (Å²) in [4.78, 5) is 37.2. The number of hydrogen-bond acceptors (Lipinski definition) is 6. The van der Waals surface area contributed by atoms with Crippen molar-refractivity contribution in [1.29, 1.82) is 0 Å². The van der Waals surface area contributed by atoms with Crippen molar-refractivity contribution in [3.63, 3.8) is 0 Å². The highest BCUT2D eigenvalue weighted by molar-refractivity contribution is 6.08. The largest absolute Gasteiger partial charge is 0.465 e. The minimum Gasteiger partial charge on any atom is -0.465 e. The highest BCUT2D eigenvalue weighted by Crippen LogP contribution is 2.34. The Morgan fingerprint density at radius 1 is 1.18 bits per heavy atom. The van der Waals surface area contributed by atoms with E-state index in [2.05, 4.69) is 5.32 Å². The fraction of sp³-hybridized carbons (Fsp3) is 0.300. The van der Waals surface area contributed by atoms with Crippen molar-refractivity contribution in [2.45, 2.75) is 25.3 Å². The fourth-order valence-corrected chi connectivity index (χ4v) is 3.40. The zero-order valence-electron chi connectivity index (χ0n) is 15.3. The number of amides is 1. The molecule has 8 nitrogen and oxygen atoms in total. The SMILES string of the molecule is COC(=O)c1ccc2c(c1)CCN2C(=O)c1ccc(NC2CC2)c([N+](=O)[O-])c1. The van der Waals surface area contributed by atoms with Crippen molar-refractivity contribution in [3.8, 4) is 0 Å². The molecule has 0 aromatic heterocycles. The van der Waals surface area contributed by atoms with Crippen LogP contribution in [0.4, 0.5) is 17.1 Å². The van der Waals surface area contributed by atoms with E-state index in [1.807, 2.05) is 0 Å². The highest BCUT2D eigenvalue weighted by atomic mass is 16.6. The second-order valence-corrected chi connectivity index (χ2v) is 6.95. The number of rotatable bonds is 5. The Hall–Kier alpha value is -3.42. The van der Waals surface area contributed by atoms with E-state index in [0.717, 1.165) is 18.4 Å². The van der Waals surface area contributed by atoms with Gasteiger partial charge < -0.3 is 15.0 Å². The van der Waals surface area contributed by atoms with Gasteiger partial charge in [-0.1, -0.05) is 0 Å². The lowest BCUT2D eigenvalue weighted by molar-refractivity contribution is -0.384. The molecule has 2 aromatic carbocycles. The molecule has 144 valence electrons. The second kappa shape index (κ2) is 6.95. The number of nitrogens with one attached hydrogen (secondary N) is 1. The van der Waals surface area contributed by atoms with E-state index in [1.165, 1.54) is 13.2 Å². The van der Waals surface area contributed by atoms with Crippen LogP contribution in [0.1, 0.15) is 39.1 Å². The van der Waals surface area contributed by atoms with Gasteiger partial charge in [-0.15, -0.1) is 0 Å². The van der Waals surface area contributed by atoms with Gasteiger partial charge in [-0.2, -0.15) is 0 Å². The number of esters is 1. The smallest absolute Gasteiger partial charge is 0.337 e. The van der Waals surface area contributed by atoms with Crippen LogP contribution in [-0.2, 0) is 11.2 Å². The normalized spacial score (nSPS) is 15.1.